The maximum Gasteiger partial charge on any atom is 0.251 e. The van der Waals surface area contributed by atoms with E-state index in [2.05, 4.69) is 5.32 Å². The van der Waals surface area contributed by atoms with Gasteiger partial charge in [0.05, 0.1) is 18.0 Å². The van der Waals surface area contributed by atoms with Crippen molar-refractivity contribution in [2.24, 2.45) is 0 Å². The lowest BCUT2D eigenvalue weighted by Gasteiger charge is -2.17. The number of anilines is 1. The summed E-state index contributed by atoms with van der Waals surface area (Å²) in [5.41, 5.74) is 3.15. The average molecular weight is 344 g/mol. The van der Waals surface area contributed by atoms with E-state index in [1.807, 2.05) is 37.3 Å². The number of amides is 1. The highest BCUT2D eigenvalue weighted by Gasteiger charge is 2.26. The van der Waals surface area contributed by atoms with Crippen LogP contribution in [-0.4, -0.2) is 27.1 Å². The summed E-state index contributed by atoms with van der Waals surface area (Å²) < 4.78 is 24.9. The second-order valence-corrected chi connectivity index (χ2v) is 7.94. The lowest BCUT2D eigenvalue weighted by atomic mass is 10.1. The van der Waals surface area contributed by atoms with Crippen LogP contribution in [0.2, 0.25) is 0 Å². The number of carbonyl (C=O) groups excluding carboxylic acids is 1. The highest BCUT2D eigenvalue weighted by molar-refractivity contribution is 7.92. The molecule has 2 aromatic rings. The summed E-state index contributed by atoms with van der Waals surface area (Å²) in [6, 6.07) is 14.8. The molecule has 2 aromatic carbocycles. The molecule has 0 saturated carbocycles. The van der Waals surface area contributed by atoms with Crippen LogP contribution in [0.3, 0.4) is 0 Å². The molecule has 5 nitrogen and oxygen atoms in total. The number of nitrogens with zero attached hydrogens (tertiary/aromatic N) is 1. The molecule has 0 unspecified atom stereocenters. The number of sulfonamides is 1. The first kappa shape index (κ1) is 16.5. The van der Waals surface area contributed by atoms with Gasteiger partial charge in [-0.2, -0.15) is 0 Å². The third-order valence-electron chi connectivity index (χ3n) is 4.24. The summed E-state index contributed by atoms with van der Waals surface area (Å²) in [6.45, 7) is 2.37. The Morgan fingerprint density at radius 1 is 1.17 bits per heavy atom. The van der Waals surface area contributed by atoms with Crippen molar-refractivity contribution in [2.45, 2.75) is 19.4 Å². The maximum absolute atomic E-state index is 12.5. The van der Waals surface area contributed by atoms with Gasteiger partial charge in [0, 0.05) is 12.1 Å². The van der Waals surface area contributed by atoms with Gasteiger partial charge in [0.1, 0.15) is 0 Å². The monoisotopic (exact) mass is 344 g/mol. The predicted molar refractivity (Wildman–Crippen MR) is 94.7 cm³/mol. The Kier molecular flexibility index (Phi) is 4.32. The van der Waals surface area contributed by atoms with E-state index in [9.17, 15) is 13.2 Å². The second-order valence-electron chi connectivity index (χ2n) is 6.03. The summed E-state index contributed by atoms with van der Waals surface area (Å²) in [7, 11) is -3.27. The minimum Gasteiger partial charge on any atom is -0.346 e. The zero-order valence-electron chi connectivity index (χ0n) is 13.7. The molecule has 1 heterocycles. The van der Waals surface area contributed by atoms with Crippen molar-refractivity contribution >= 4 is 21.6 Å². The molecule has 0 radical (unpaired) electrons. The first-order valence-corrected chi connectivity index (χ1v) is 9.67. The van der Waals surface area contributed by atoms with E-state index in [0.29, 0.717) is 24.2 Å². The van der Waals surface area contributed by atoms with E-state index < -0.39 is 10.0 Å². The molecule has 0 bridgehead atoms. The smallest absolute Gasteiger partial charge is 0.251 e. The van der Waals surface area contributed by atoms with Gasteiger partial charge in [-0.25, -0.2) is 8.42 Å². The van der Waals surface area contributed by atoms with Gasteiger partial charge >= 0.3 is 0 Å². The molecular weight excluding hydrogens is 324 g/mol. The summed E-state index contributed by atoms with van der Waals surface area (Å²) in [6.07, 6.45) is 1.82. The zero-order chi connectivity index (χ0) is 17.3. The Bertz CT molecular complexity index is 863. The summed E-state index contributed by atoms with van der Waals surface area (Å²) in [5.74, 6) is -0.160. The molecule has 6 heteroatoms. The topological polar surface area (TPSA) is 66.5 Å². The fraction of sp³-hybridized carbons (Fsp3) is 0.278. The first-order valence-electron chi connectivity index (χ1n) is 7.83. The number of rotatable bonds is 4. The number of hydrogen-bond acceptors (Lipinski definition) is 3. The molecule has 0 aliphatic carbocycles. The van der Waals surface area contributed by atoms with Crippen molar-refractivity contribution in [2.75, 3.05) is 17.1 Å². The fourth-order valence-corrected chi connectivity index (χ4v) is 3.92. The SMILES string of the molecule is C[C@H](NC(=O)c1ccc2c(c1)CCN2S(C)(=O)=O)c1ccccc1. The molecular formula is C18H20N2O3S. The third-order valence-corrected chi connectivity index (χ3v) is 5.42. The van der Waals surface area contributed by atoms with Crippen molar-refractivity contribution in [1.29, 1.82) is 0 Å². The Morgan fingerprint density at radius 2 is 1.88 bits per heavy atom. The Morgan fingerprint density at radius 3 is 2.54 bits per heavy atom. The molecule has 1 N–H and O–H groups in total. The Balaban J connectivity index is 1.78. The van der Waals surface area contributed by atoms with E-state index >= 15 is 0 Å². The van der Waals surface area contributed by atoms with Crippen LogP contribution >= 0.6 is 0 Å². The van der Waals surface area contributed by atoms with Crippen LogP contribution in [0.4, 0.5) is 5.69 Å². The van der Waals surface area contributed by atoms with Crippen LogP contribution in [0.5, 0.6) is 0 Å². The summed E-state index contributed by atoms with van der Waals surface area (Å²) >= 11 is 0. The molecule has 3 rings (SSSR count). The molecule has 1 amide bonds. The average Bonchev–Trinajstić information content (AvgIpc) is 2.98. The minimum atomic E-state index is -3.27. The van der Waals surface area contributed by atoms with Crippen LogP contribution in [0.15, 0.2) is 48.5 Å². The lowest BCUT2D eigenvalue weighted by Crippen LogP contribution is -2.28. The molecule has 0 saturated heterocycles. The molecule has 1 aliphatic heterocycles. The molecule has 24 heavy (non-hydrogen) atoms. The van der Waals surface area contributed by atoms with Crippen LogP contribution < -0.4 is 9.62 Å². The third kappa shape index (κ3) is 3.28. The van der Waals surface area contributed by atoms with Crippen LogP contribution in [0.25, 0.3) is 0 Å². The standard InChI is InChI=1S/C18H20N2O3S/c1-13(14-6-4-3-5-7-14)19-18(21)16-8-9-17-15(12-16)10-11-20(17)24(2,22)23/h3-9,12-13H,10-11H2,1-2H3,(H,19,21)/t13-/m0/s1. The summed E-state index contributed by atoms with van der Waals surface area (Å²) in [5, 5.41) is 2.97. The molecule has 0 spiro atoms. The largest absolute Gasteiger partial charge is 0.346 e. The molecule has 126 valence electrons. The quantitative estimate of drug-likeness (QED) is 0.927. The van der Waals surface area contributed by atoms with Crippen molar-refractivity contribution in [3.05, 3.63) is 65.2 Å². The van der Waals surface area contributed by atoms with Gasteiger partial charge in [0.15, 0.2) is 0 Å². The van der Waals surface area contributed by atoms with Gasteiger partial charge in [-0.1, -0.05) is 30.3 Å². The lowest BCUT2D eigenvalue weighted by molar-refractivity contribution is 0.0940. The Labute approximate surface area is 142 Å². The van der Waals surface area contributed by atoms with Gasteiger partial charge in [-0.05, 0) is 42.7 Å². The number of hydrogen-bond donors (Lipinski definition) is 1. The van der Waals surface area contributed by atoms with Crippen molar-refractivity contribution in [3.63, 3.8) is 0 Å². The first-order chi connectivity index (χ1) is 11.4. The molecule has 0 fully saturated rings. The zero-order valence-corrected chi connectivity index (χ0v) is 14.5. The minimum absolute atomic E-state index is 0.0977. The van der Waals surface area contributed by atoms with Gasteiger partial charge in [0.2, 0.25) is 10.0 Å². The van der Waals surface area contributed by atoms with Gasteiger partial charge in [0.25, 0.3) is 5.91 Å². The number of benzene rings is 2. The Hall–Kier alpha value is -2.34. The summed E-state index contributed by atoms with van der Waals surface area (Å²) in [4.78, 5) is 12.5. The maximum atomic E-state index is 12.5. The number of nitrogens with one attached hydrogen (secondary N) is 1. The van der Waals surface area contributed by atoms with E-state index in [0.717, 1.165) is 11.1 Å². The molecule has 1 atom stereocenters. The van der Waals surface area contributed by atoms with Crippen molar-refractivity contribution in [1.82, 2.24) is 5.32 Å². The predicted octanol–water partition coefficient (Wildman–Crippen LogP) is 2.50. The van der Waals surface area contributed by atoms with Gasteiger partial charge < -0.3 is 5.32 Å². The van der Waals surface area contributed by atoms with E-state index in [-0.39, 0.29) is 11.9 Å². The molecule has 0 aromatic heterocycles. The highest BCUT2D eigenvalue weighted by atomic mass is 32.2. The number of carbonyl (C=O) groups is 1. The van der Waals surface area contributed by atoms with Gasteiger partial charge in [-0.3, -0.25) is 9.10 Å². The second kappa shape index (κ2) is 6.28. The fourth-order valence-electron chi connectivity index (χ4n) is 2.96. The number of fused-ring (bicyclic) bond motifs is 1. The molecule has 1 aliphatic rings. The van der Waals surface area contributed by atoms with Crippen molar-refractivity contribution < 1.29 is 13.2 Å². The van der Waals surface area contributed by atoms with E-state index in [1.165, 1.54) is 10.6 Å². The van der Waals surface area contributed by atoms with Gasteiger partial charge in [-0.15, -0.1) is 0 Å². The van der Waals surface area contributed by atoms with E-state index in [1.54, 1.807) is 18.2 Å². The van der Waals surface area contributed by atoms with Crippen LogP contribution in [0, 0.1) is 0 Å². The normalized spacial score (nSPS) is 15.0. The van der Waals surface area contributed by atoms with Crippen molar-refractivity contribution in [3.8, 4) is 0 Å². The van der Waals surface area contributed by atoms with E-state index in [4.69, 9.17) is 0 Å². The van der Waals surface area contributed by atoms with Crippen LogP contribution in [-0.2, 0) is 16.4 Å². The highest BCUT2D eigenvalue weighted by Crippen LogP contribution is 2.30. The van der Waals surface area contributed by atoms with Crippen LogP contribution in [0.1, 0.15) is 34.5 Å².